The quantitative estimate of drug-likeness (QED) is 0.768. The van der Waals surface area contributed by atoms with Crippen molar-refractivity contribution < 1.29 is 18.7 Å². The highest BCUT2D eigenvalue weighted by molar-refractivity contribution is 6.30. The van der Waals surface area contributed by atoms with Gasteiger partial charge in [-0.3, -0.25) is 0 Å². The van der Waals surface area contributed by atoms with Crippen LogP contribution in [0.4, 0.5) is 14.9 Å². The summed E-state index contributed by atoms with van der Waals surface area (Å²) in [5.41, 5.74) is 1.61. The van der Waals surface area contributed by atoms with Crippen LogP contribution in [0.1, 0.15) is 12.0 Å². The zero-order valence-electron chi connectivity index (χ0n) is 16.7. The number of hydrogen-bond acceptors (Lipinski definition) is 4. The molecule has 8 heteroatoms. The van der Waals surface area contributed by atoms with Gasteiger partial charge >= 0.3 is 6.03 Å². The van der Waals surface area contributed by atoms with Crippen LogP contribution in [0.25, 0.3) is 0 Å². The fraction of sp³-hybridized carbons (Fsp3) is 0.381. The Morgan fingerprint density at radius 1 is 1.24 bits per heavy atom. The molecule has 0 saturated carbocycles. The largest absolute Gasteiger partial charge is 0.495 e. The van der Waals surface area contributed by atoms with Crippen molar-refractivity contribution in [1.82, 2.24) is 10.2 Å². The maximum atomic E-state index is 13.9. The zero-order chi connectivity index (χ0) is 21.0. The molecule has 2 amide bonds. The molecule has 1 N–H and O–H groups in total. The molecule has 1 aliphatic rings. The van der Waals surface area contributed by atoms with Crippen LogP contribution < -0.4 is 19.7 Å². The lowest BCUT2D eigenvalue weighted by Crippen LogP contribution is -2.44. The van der Waals surface area contributed by atoms with E-state index in [1.54, 1.807) is 32.4 Å². The topological polar surface area (TPSA) is 54.0 Å². The van der Waals surface area contributed by atoms with Crippen molar-refractivity contribution in [2.45, 2.75) is 19.0 Å². The molecular formula is C21H25ClFN3O3. The lowest BCUT2D eigenvalue weighted by molar-refractivity contribution is 0.203. The summed E-state index contributed by atoms with van der Waals surface area (Å²) >= 11 is 6.13. The molecule has 156 valence electrons. The van der Waals surface area contributed by atoms with Gasteiger partial charge < -0.3 is 24.6 Å². The van der Waals surface area contributed by atoms with E-state index in [1.165, 1.54) is 18.1 Å². The second-order valence-electron chi connectivity index (χ2n) is 7.02. The minimum Gasteiger partial charge on any atom is -0.495 e. The molecule has 0 bridgehead atoms. The van der Waals surface area contributed by atoms with Crippen molar-refractivity contribution in [3.8, 4) is 11.5 Å². The van der Waals surface area contributed by atoms with Crippen molar-refractivity contribution in [3.63, 3.8) is 0 Å². The first-order valence-electron chi connectivity index (χ1n) is 9.33. The van der Waals surface area contributed by atoms with E-state index in [2.05, 4.69) is 10.2 Å². The number of amides is 2. The Bertz CT molecular complexity index is 880. The number of urea groups is 1. The Hall–Kier alpha value is -2.67. The number of anilines is 1. The Kier molecular flexibility index (Phi) is 6.69. The van der Waals surface area contributed by atoms with Gasteiger partial charge in [0.2, 0.25) is 0 Å². The number of carbonyl (C=O) groups is 1. The highest BCUT2D eigenvalue weighted by Gasteiger charge is 2.27. The number of nitrogens with one attached hydrogen (secondary N) is 1. The smallest absolute Gasteiger partial charge is 0.317 e. The van der Waals surface area contributed by atoms with Gasteiger partial charge in [-0.2, -0.15) is 0 Å². The Morgan fingerprint density at radius 2 is 1.97 bits per heavy atom. The standard InChI is InChI=1S/C21H25ClFN3O3/c1-25(12-14-4-6-19(28-2)17(23)10-14)21(27)24-16-8-9-26(13-16)18-11-15(22)5-7-20(18)29-3/h4-7,10-11,16H,8-9,12-13H2,1-3H3,(H,24,27). The molecule has 6 nitrogen and oxygen atoms in total. The summed E-state index contributed by atoms with van der Waals surface area (Å²) in [6.45, 7) is 1.74. The van der Waals surface area contributed by atoms with Crippen molar-refractivity contribution in [3.05, 3.63) is 52.8 Å². The van der Waals surface area contributed by atoms with E-state index in [1.807, 2.05) is 12.1 Å². The summed E-state index contributed by atoms with van der Waals surface area (Å²) in [6, 6.07) is 9.98. The third kappa shape index (κ3) is 5.03. The van der Waals surface area contributed by atoms with Crippen LogP contribution >= 0.6 is 11.6 Å². The molecule has 0 radical (unpaired) electrons. The Labute approximate surface area is 175 Å². The van der Waals surface area contributed by atoms with Gasteiger partial charge in [-0.1, -0.05) is 17.7 Å². The molecule has 3 rings (SSSR count). The molecule has 1 fully saturated rings. The number of carbonyl (C=O) groups excluding carboxylic acids is 1. The zero-order valence-corrected chi connectivity index (χ0v) is 17.5. The minimum absolute atomic E-state index is 0.00115. The number of nitrogens with zero attached hydrogens (tertiary/aromatic N) is 2. The third-order valence-electron chi connectivity index (χ3n) is 4.98. The normalized spacial score (nSPS) is 15.9. The van der Waals surface area contributed by atoms with Crippen molar-refractivity contribution in [2.24, 2.45) is 0 Å². The van der Waals surface area contributed by atoms with Crippen LogP contribution in [-0.2, 0) is 6.54 Å². The van der Waals surface area contributed by atoms with Gasteiger partial charge in [-0.25, -0.2) is 9.18 Å². The third-order valence-corrected chi connectivity index (χ3v) is 5.22. The molecule has 2 aromatic carbocycles. The van der Waals surface area contributed by atoms with Gasteiger partial charge in [0.15, 0.2) is 11.6 Å². The van der Waals surface area contributed by atoms with E-state index in [4.69, 9.17) is 21.1 Å². The molecule has 1 atom stereocenters. The fourth-order valence-electron chi connectivity index (χ4n) is 3.45. The number of rotatable bonds is 6. The number of ether oxygens (including phenoxy) is 2. The predicted molar refractivity (Wildman–Crippen MR) is 112 cm³/mol. The minimum atomic E-state index is -0.444. The van der Waals surface area contributed by atoms with E-state index in [0.29, 0.717) is 23.7 Å². The number of methoxy groups -OCH3 is 2. The van der Waals surface area contributed by atoms with Crippen LogP contribution in [0.15, 0.2) is 36.4 Å². The highest BCUT2D eigenvalue weighted by atomic mass is 35.5. The van der Waals surface area contributed by atoms with Crippen LogP contribution in [0.3, 0.4) is 0 Å². The van der Waals surface area contributed by atoms with E-state index < -0.39 is 5.82 Å². The van der Waals surface area contributed by atoms with Gasteiger partial charge in [0, 0.05) is 37.7 Å². The molecule has 29 heavy (non-hydrogen) atoms. The fourth-order valence-corrected chi connectivity index (χ4v) is 3.61. The summed E-state index contributed by atoms with van der Waals surface area (Å²) in [5.74, 6) is 0.490. The van der Waals surface area contributed by atoms with E-state index in [-0.39, 0.29) is 17.8 Å². The van der Waals surface area contributed by atoms with Gasteiger partial charge in [0.1, 0.15) is 5.75 Å². The first-order valence-corrected chi connectivity index (χ1v) is 9.71. The Morgan fingerprint density at radius 3 is 2.66 bits per heavy atom. The number of benzene rings is 2. The van der Waals surface area contributed by atoms with Gasteiger partial charge in [0.25, 0.3) is 0 Å². The summed E-state index contributed by atoms with van der Waals surface area (Å²) in [7, 11) is 4.73. The van der Waals surface area contributed by atoms with Gasteiger partial charge in [-0.05, 0) is 42.3 Å². The van der Waals surface area contributed by atoms with E-state index >= 15 is 0 Å². The second kappa shape index (κ2) is 9.22. The number of hydrogen-bond donors (Lipinski definition) is 1. The molecule has 1 aliphatic heterocycles. The molecule has 1 saturated heterocycles. The van der Waals surface area contributed by atoms with Crippen LogP contribution in [-0.4, -0.2) is 51.3 Å². The highest BCUT2D eigenvalue weighted by Crippen LogP contribution is 2.33. The second-order valence-corrected chi connectivity index (χ2v) is 7.46. The lowest BCUT2D eigenvalue weighted by atomic mass is 10.2. The average molecular weight is 422 g/mol. The van der Waals surface area contributed by atoms with E-state index in [0.717, 1.165) is 24.4 Å². The van der Waals surface area contributed by atoms with Gasteiger partial charge in [-0.15, -0.1) is 0 Å². The van der Waals surface area contributed by atoms with Crippen molar-refractivity contribution in [2.75, 3.05) is 39.3 Å². The van der Waals surface area contributed by atoms with Gasteiger partial charge in [0.05, 0.1) is 19.9 Å². The van der Waals surface area contributed by atoms with Crippen LogP contribution in [0.2, 0.25) is 5.02 Å². The summed E-state index contributed by atoms with van der Waals surface area (Å²) in [5, 5.41) is 3.68. The Balaban J connectivity index is 1.57. The maximum Gasteiger partial charge on any atom is 0.317 e. The summed E-state index contributed by atoms with van der Waals surface area (Å²) < 4.78 is 24.2. The molecular weight excluding hydrogens is 397 g/mol. The summed E-state index contributed by atoms with van der Waals surface area (Å²) in [6.07, 6.45) is 0.812. The van der Waals surface area contributed by atoms with Crippen LogP contribution in [0, 0.1) is 5.82 Å². The van der Waals surface area contributed by atoms with E-state index in [9.17, 15) is 9.18 Å². The van der Waals surface area contributed by atoms with Crippen molar-refractivity contribution >= 4 is 23.3 Å². The lowest BCUT2D eigenvalue weighted by Gasteiger charge is -2.23. The molecule has 1 unspecified atom stereocenters. The number of halogens is 2. The molecule has 2 aromatic rings. The maximum absolute atomic E-state index is 13.9. The monoisotopic (exact) mass is 421 g/mol. The first kappa shape index (κ1) is 21.0. The SMILES string of the molecule is COc1ccc(CN(C)C(=O)NC2CCN(c3cc(Cl)ccc3OC)C2)cc1F. The predicted octanol–water partition coefficient (Wildman–Crippen LogP) is 3.92. The summed E-state index contributed by atoms with van der Waals surface area (Å²) in [4.78, 5) is 16.2. The molecule has 0 aromatic heterocycles. The molecule has 0 spiro atoms. The molecule has 1 heterocycles. The molecule has 0 aliphatic carbocycles. The average Bonchev–Trinajstić information content (AvgIpc) is 3.16. The van der Waals surface area contributed by atoms with Crippen LogP contribution in [0.5, 0.6) is 11.5 Å². The first-order chi connectivity index (χ1) is 13.9. The van der Waals surface area contributed by atoms with Crippen molar-refractivity contribution in [1.29, 1.82) is 0 Å².